The number of rotatable bonds is 12. The first kappa shape index (κ1) is 24.2. The van der Waals surface area contributed by atoms with E-state index in [1.54, 1.807) is 12.5 Å². The maximum absolute atomic E-state index is 12.6. The summed E-state index contributed by atoms with van der Waals surface area (Å²) in [5, 5.41) is 23.9. The lowest BCUT2D eigenvalue weighted by atomic mass is 10.0. The highest BCUT2D eigenvalue weighted by atomic mass is 32.2. The number of carbonyl (C=O) groups excluding carboxylic acids is 2. The highest BCUT2D eigenvalue weighted by Crippen LogP contribution is 2.18. The smallest absolute Gasteiger partial charge is 0.326 e. The predicted octanol–water partition coefficient (Wildman–Crippen LogP) is 0.320. The third-order valence-electron chi connectivity index (χ3n) is 4.69. The van der Waals surface area contributed by atoms with Crippen molar-refractivity contribution >= 4 is 46.4 Å². The first-order valence-electron chi connectivity index (χ1n) is 9.57. The van der Waals surface area contributed by atoms with Gasteiger partial charge >= 0.3 is 11.9 Å². The maximum Gasteiger partial charge on any atom is 0.326 e. The van der Waals surface area contributed by atoms with Crippen molar-refractivity contribution in [3.63, 3.8) is 0 Å². The van der Waals surface area contributed by atoms with Crippen molar-refractivity contribution in [3.05, 3.63) is 36.0 Å². The number of benzene rings is 1. The number of carboxylic acid groups (broad SMARTS) is 2. The number of carboxylic acids is 2. The quantitative estimate of drug-likeness (QED) is 0.268. The lowest BCUT2D eigenvalue weighted by Gasteiger charge is -2.22. The van der Waals surface area contributed by atoms with Gasteiger partial charge in [-0.25, -0.2) is 4.79 Å². The summed E-state index contributed by atoms with van der Waals surface area (Å²) < 4.78 is 0. The predicted molar refractivity (Wildman–Crippen MR) is 117 cm³/mol. The molecule has 11 heteroatoms. The number of para-hydroxylation sites is 1. The summed E-state index contributed by atoms with van der Waals surface area (Å²) in [6.45, 7) is 0. The van der Waals surface area contributed by atoms with E-state index in [-0.39, 0.29) is 12.8 Å². The highest BCUT2D eigenvalue weighted by molar-refractivity contribution is 7.98. The van der Waals surface area contributed by atoms with Crippen LogP contribution in [0.15, 0.2) is 30.5 Å². The summed E-state index contributed by atoms with van der Waals surface area (Å²) in [4.78, 5) is 50.7. The number of nitrogens with one attached hydrogen (secondary N) is 3. The van der Waals surface area contributed by atoms with Crippen LogP contribution in [0.1, 0.15) is 18.4 Å². The van der Waals surface area contributed by atoms with Crippen molar-refractivity contribution in [3.8, 4) is 0 Å². The molecule has 10 nitrogen and oxygen atoms in total. The molecule has 0 aliphatic rings. The zero-order chi connectivity index (χ0) is 23.0. The Kier molecular flexibility index (Phi) is 8.88. The van der Waals surface area contributed by atoms with Gasteiger partial charge in [0.25, 0.3) is 0 Å². The van der Waals surface area contributed by atoms with Gasteiger partial charge in [-0.1, -0.05) is 18.2 Å². The monoisotopic (exact) mass is 450 g/mol. The molecule has 3 atom stereocenters. The molecule has 3 unspecified atom stereocenters. The maximum atomic E-state index is 12.6. The number of amides is 2. The Balaban J connectivity index is 2.05. The minimum atomic E-state index is -1.45. The fourth-order valence-electron chi connectivity index (χ4n) is 3.06. The molecule has 7 N–H and O–H groups in total. The van der Waals surface area contributed by atoms with E-state index in [0.717, 1.165) is 16.5 Å². The number of aliphatic carboxylic acids is 2. The topological polar surface area (TPSA) is 175 Å². The molecule has 2 amide bonds. The van der Waals surface area contributed by atoms with Crippen molar-refractivity contribution in [1.82, 2.24) is 15.6 Å². The molecule has 31 heavy (non-hydrogen) atoms. The summed E-state index contributed by atoms with van der Waals surface area (Å²) in [5.74, 6) is -3.66. The summed E-state index contributed by atoms with van der Waals surface area (Å²) in [7, 11) is 0. The zero-order valence-electron chi connectivity index (χ0n) is 17.0. The van der Waals surface area contributed by atoms with E-state index < -0.39 is 48.3 Å². The molecule has 0 aliphatic heterocycles. The van der Waals surface area contributed by atoms with Crippen LogP contribution < -0.4 is 16.4 Å². The Bertz CT molecular complexity index is 947. The van der Waals surface area contributed by atoms with Gasteiger partial charge in [-0.3, -0.25) is 14.4 Å². The lowest BCUT2D eigenvalue weighted by Crippen LogP contribution is -2.55. The van der Waals surface area contributed by atoms with Crippen molar-refractivity contribution in [1.29, 1.82) is 0 Å². The highest BCUT2D eigenvalue weighted by Gasteiger charge is 2.29. The SMILES string of the molecule is CSCCC(NC(=O)C(CC(=O)O)NC(=O)C(N)Cc1c[nH]c2ccccc12)C(=O)O. The van der Waals surface area contributed by atoms with Gasteiger partial charge in [0.15, 0.2) is 0 Å². The Morgan fingerprint density at radius 1 is 1.10 bits per heavy atom. The molecule has 0 saturated heterocycles. The minimum absolute atomic E-state index is 0.163. The largest absolute Gasteiger partial charge is 0.481 e. The second kappa shape index (κ2) is 11.4. The van der Waals surface area contributed by atoms with Crippen molar-refractivity contribution in [2.24, 2.45) is 5.73 Å². The summed E-state index contributed by atoms with van der Waals surface area (Å²) >= 11 is 1.41. The third-order valence-corrected chi connectivity index (χ3v) is 5.33. The molecule has 0 bridgehead atoms. The van der Waals surface area contributed by atoms with Crippen molar-refractivity contribution in [2.45, 2.75) is 37.4 Å². The molecule has 0 aliphatic carbocycles. The van der Waals surface area contributed by atoms with Crippen LogP contribution in [0, 0.1) is 0 Å². The van der Waals surface area contributed by atoms with Gasteiger partial charge in [0.1, 0.15) is 12.1 Å². The third kappa shape index (κ3) is 7.00. The summed E-state index contributed by atoms with van der Waals surface area (Å²) in [6, 6.07) is 3.82. The van der Waals surface area contributed by atoms with E-state index in [0.29, 0.717) is 5.75 Å². The second-order valence-electron chi connectivity index (χ2n) is 7.01. The average molecular weight is 451 g/mol. The molecule has 1 aromatic heterocycles. The van der Waals surface area contributed by atoms with E-state index in [2.05, 4.69) is 15.6 Å². The van der Waals surface area contributed by atoms with Gasteiger partial charge in [-0.05, 0) is 36.5 Å². The number of hydrogen-bond acceptors (Lipinski definition) is 6. The number of aromatic amines is 1. The van der Waals surface area contributed by atoms with E-state index >= 15 is 0 Å². The number of thioether (sulfide) groups is 1. The number of H-pyrrole nitrogens is 1. The molecule has 168 valence electrons. The van der Waals surface area contributed by atoms with Gasteiger partial charge in [-0.15, -0.1) is 0 Å². The van der Waals surface area contributed by atoms with Crippen molar-refractivity contribution in [2.75, 3.05) is 12.0 Å². The Hall–Kier alpha value is -3.05. The molecule has 1 aromatic carbocycles. The molecule has 0 fully saturated rings. The molecular weight excluding hydrogens is 424 g/mol. The zero-order valence-corrected chi connectivity index (χ0v) is 17.8. The molecule has 0 saturated carbocycles. The van der Waals surface area contributed by atoms with E-state index in [1.165, 1.54) is 11.8 Å². The lowest BCUT2D eigenvalue weighted by molar-refractivity contribution is -0.143. The van der Waals surface area contributed by atoms with E-state index in [4.69, 9.17) is 10.8 Å². The molecule has 0 spiro atoms. The standard InChI is InChI=1S/C20H26N4O6S/c1-31-7-6-15(20(29)30)23-19(28)16(9-17(25)26)24-18(27)13(21)8-11-10-22-14-5-3-2-4-12(11)14/h2-5,10,13,15-16,22H,6-9,21H2,1H3,(H,23,28)(H,24,27)(H,25,26)(H,29,30). The second-order valence-corrected chi connectivity index (χ2v) is 8.00. The van der Waals surface area contributed by atoms with Crippen LogP contribution in [-0.4, -0.2) is 69.1 Å². The van der Waals surface area contributed by atoms with E-state index in [1.807, 2.05) is 24.3 Å². The number of nitrogens with two attached hydrogens (primary N) is 1. The average Bonchev–Trinajstić information content (AvgIpc) is 3.12. The summed E-state index contributed by atoms with van der Waals surface area (Å²) in [5.41, 5.74) is 7.69. The van der Waals surface area contributed by atoms with Gasteiger partial charge in [0, 0.05) is 17.1 Å². The van der Waals surface area contributed by atoms with Gasteiger partial charge in [0.2, 0.25) is 11.8 Å². The normalized spacial score (nSPS) is 13.9. The number of carbonyl (C=O) groups is 4. The number of aromatic nitrogens is 1. The van der Waals surface area contributed by atoms with Gasteiger partial charge in [-0.2, -0.15) is 11.8 Å². The molecule has 2 rings (SSSR count). The van der Waals surface area contributed by atoms with Crippen LogP contribution in [0.3, 0.4) is 0 Å². The van der Waals surface area contributed by atoms with Crippen LogP contribution in [0.25, 0.3) is 10.9 Å². The number of fused-ring (bicyclic) bond motifs is 1. The Morgan fingerprint density at radius 2 is 1.77 bits per heavy atom. The molecule has 1 heterocycles. The van der Waals surface area contributed by atoms with Crippen LogP contribution in [0.5, 0.6) is 0 Å². The van der Waals surface area contributed by atoms with Crippen LogP contribution in [0.4, 0.5) is 0 Å². The first-order valence-corrected chi connectivity index (χ1v) is 11.0. The first-order chi connectivity index (χ1) is 14.7. The van der Waals surface area contributed by atoms with E-state index in [9.17, 15) is 24.3 Å². The van der Waals surface area contributed by atoms with Gasteiger partial charge in [0.05, 0.1) is 12.5 Å². The number of hydrogen-bond donors (Lipinski definition) is 6. The van der Waals surface area contributed by atoms with Crippen LogP contribution >= 0.6 is 11.8 Å². The van der Waals surface area contributed by atoms with Crippen LogP contribution in [-0.2, 0) is 25.6 Å². The molecule has 2 aromatic rings. The molecular formula is C20H26N4O6S. The van der Waals surface area contributed by atoms with Crippen LogP contribution in [0.2, 0.25) is 0 Å². The van der Waals surface area contributed by atoms with Crippen molar-refractivity contribution < 1.29 is 29.4 Å². The fraction of sp³-hybridized carbons (Fsp3) is 0.400. The minimum Gasteiger partial charge on any atom is -0.481 e. The summed E-state index contributed by atoms with van der Waals surface area (Å²) in [6.07, 6.45) is 3.16. The Morgan fingerprint density at radius 3 is 2.42 bits per heavy atom. The fourth-order valence-corrected chi connectivity index (χ4v) is 3.53. The molecule has 0 radical (unpaired) electrons. The Labute approximate surface area is 182 Å². The van der Waals surface area contributed by atoms with Gasteiger partial charge < -0.3 is 31.6 Å².